The topological polar surface area (TPSA) is 64.5 Å². The fourth-order valence-electron chi connectivity index (χ4n) is 4.07. The van der Waals surface area contributed by atoms with E-state index in [0.717, 1.165) is 52.7 Å². The van der Waals surface area contributed by atoms with E-state index in [2.05, 4.69) is 10.6 Å². The Hall–Kier alpha value is -3.29. The van der Waals surface area contributed by atoms with Crippen LogP contribution in [0.15, 0.2) is 66.0 Å². The molecule has 0 aliphatic carbocycles. The maximum atomic E-state index is 12.8. The van der Waals surface area contributed by atoms with Gasteiger partial charge in [-0.05, 0) is 72.4 Å². The van der Waals surface area contributed by atoms with Gasteiger partial charge in [-0.25, -0.2) is 0 Å². The molecule has 3 heterocycles. The lowest BCUT2D eigenvalue weighted by Crippen LogP contribution is -2.15. The molecule has 1 fully saturated rings. The molecule has 5 rings (SSSR count). The number of anilines is 1. The number of rotatable bonds is 8. The average Bonchev–Trinajstić information content (AvgIpc) is 3.57. The standard InChI is InChI=1S/C26H27N3O3S/c1-29-23-10-12-33-25(23)14-24(29)26(30)28-20-4-2-3-18(13-20)16-31-21-5-7-22(8-6-21)32-17-19-9-11-27-15-19/h2-8,10,12-14,19,27H,9,11,15-17H2,1H3,(H,28,30). The van der Waals surface area contributed by atoms with Crippen LogP contribution in [0, 0.1) is 5.92 Å². The fourth-order valence-corrected chi connectivity index (χ4v) is 4.92. The zero-order valence-electron chi connectivity index (χ0n) is 18.5. The Morgan fingerprint density at radius 3 is 2.70 bits per heavy atom. The van der Waals surface area contributed by atoms with Crippen molar-refractivity contribution in [3.63, 3.8) is 0 Å². The highest BCUT2D eigenvalue weighted by Crippen LogP contribution is 2.25. The van der Waals surface area contributed by atoms with Gasteiger partial charge < -0.3 is 24.7 Å². The first-order chi connectivity index (χ1) is 16.2. The van der Waals surface area contributed by atoms with Crippen LogP contribution in [0.2, 0.25) is 0 Å². The quantitative estimate of drug-likeness (QED) is 0.385. The van der Waals surface area contributed by atoms with E-state index in [1.54, 1.807) is 11.3 Å². The zero-order chi connectivity index (χ0) is 22.6. The molecule has 1 unspecified atom stereocenters. The molecule has 6 nitrogen and oxygen atoms in total. The molecule has 4 aromatic rings. The van der Waals surface area contributed by atoms with Crippen molar-refractivity contribution in [3.8, 4) is 11.5 Å². The summed E-state index contributed by atoms with van der Waals surface area (Å²) in [5.41, 5.74) is 3.44. The highest BCUT2D eigenvalue weighted by atomic mass is 32.1. The van der Waals surface area contributed by atoms with E-state index in [1.807, 2.05) is 77.7 Å². The molecule has 0 spiro atoms. The number of benzene rings is 2. The molecule has 1 amide bonds. The summed E-state index contributed by atoms with van der Waals surface area (Å²) in [6.45, 7) is 3.27. The normalized spacial score (nSPS) is 15.6. The molecule has 7 heteroatoms. The summed E-state index contributed by atoms with van der Waals surface area (Å²) in [4.78, 5) is 12.8. The summed E-state index contributed by atoms with van der Waals surface area (Å²) in [7, 11) is 1.91. The number of hydrogen-bond donors (Lipinski definition) is 2. The van der Waals surface area contributed by atoms with Crippen molar-refractivity contribution < 1.29 is 14.3 Å². The van der Waals surface area contributed by atoms with Crippen molar-refractivity contribution >= 4 is 33.1 Å². The van der Waals surface area contributed by atoms with Gasteiger partial charge >= 0.3 is 0 Å². The Balaban J connectivity index is 1.16. The second-order valence-corrected chi connectivity index (χ2v) is 9.29. The van der Waals surface area contributed by atoms with Gasteiger partial charge in [-0.15, -0.1) is 11.3 Å². The van der Waals surface area contributed by atoms with Crippen LogP contribution in [0.3, 0.4) is 0 Å². The Labute approximate surface area is 197 Å². The molecule has 1 aliphatic heterocycles. The second kappa shape index (κ2) is 9.68. The van der Waals surface area contributed by atoms with E-state index >= 15 is 0 Å². The van der Waals surface area contributed by atoms with Crippen molar-refractivity contribution in [1.82, 2.24) is 9.88 Å². The molecule has 0 bridgehead atoms. The van der Waals surface area contributed by atoms with Crippen molar-refractivity contribution in [1.29, 1.82) is 0 Å². The lowest BCUT2D eigenvalue weighted by Gasteiger charge is -2.12. The van der Waals surface area contributed by atoms with Crippen LogP contribution in [-0.4, -0.2) is 30.2 Å². The van der Waals surface area contributed by atoms with Crippen molar-refractivity contribution in [2.45, 2.75) is 13.0 Å². The van der Waals surface area contributed by atoms with E-state index in [1.165, 1.54) is 6.42 Å². The number of fused-ring (bicyclic) bond motifs is 1. The first kappa shape index (κ1) is 21.6. The number of ether oxygens (including phenoxy) is 2. The summed E-state index contributed by atoms with van der Waals surface area (Å²) < 4.78 is 14.9. The highest BCUT2D eigenvalue weighted by molar-refractivity contribution is 7.17. The first-order valence-corrected chi connectivity index (χ1v) is 12.0. The number of aryl methyl sites for hydroxylation is 1. The molecule has 0 radical (unpaired) electrons. The highest BCUT2D eigenvalue weighted by Gasteiger charge is 2.15. The number of nitrogens with one attached hydrogen (secondary N) is 2. The summed E-state index contributed by atoms with van der Waals surface area (Å²) in [5.74, 6) is 2.11. The SMILES string of the molecule is Cn1c(C(=O)Nc2cccc(COc3ccc(OCC4CCNC4)cc3)c2)cc2sccc21. The van der Waals surface area contributed by atoms with Crippen molar-refractivity contribution in [2.75, 3.05) is 25.0 Å². The van der Waals surface area contributed by atoms with Gasteiger partial charge in [0.15, 0.2) is 0 Å². The average molecular weight is 462 g/mol. The Morgan fingerprint density at radius 2 is 1.94 bits per heavy atom. The van der Waals surface area contributed by atoms with Crippen molar-refractivity contribution in [3.05, 3.63) is 77.3 Å². The Kier molecular flexibility index (Phi) is 6.32. The molecule has 33 heavy (non-hydrogen) atoms. The minimum Gasteiger partial charge on any atom is -0.493 e. The number of carbonyl (C=O) groups excluding carboxylic acids is 1. The van der Waals surface area contributed by atoms with Gasteiger partial charge in [-0.1, -0.05) is 12.1 Å². The van der Waals surface area contributed by atoms with Crippen LogP contribution in [-0.2, 0) is 13.7 Å². The number of thiophene rings is 1. The molecule has 1 aliphatic rings. The van der Waals surface area contributed by atoms with Crippen LogP contribution in [0.5, 0.6) is 11.5 Å². The van der Waals surface area contributed by atoms with E-state index in [4.69, 9.17) is 9.47 Å². The van der Waals surface area contributed by atoms with Crippen LogP contribution in [0.4, 0.5) is 5.69 Å². The summed E-state index contributed by atoms with van der Waals surface area (Å²) in [6, 6.07) is 19.4. The molecule has 1 atom stereocenters. The maximum absolute atomic E-state index is 12.8. The van der Waals surface area contributed by atoms with Gasteiger partial charge in [0, 0.05) is 25.2 Å². The minimum atomic E-state index is -0.122. The monoisotopic (exact) mass is 461 g/mol. The van der Waals surface area contributed by atoms with Crippen LogP contribution < -0.4 is 20.1 Å². The van der Waals surface area contributed by atoms with Gasteiger partial charge in [-0.3, -0.25) is 4.79 Å². The van der Waals surface area contributed by atoms with E-state index in [-0.39, 0.29) is 5.91 Å². The summed E-state index contributed by atoms with van der Waals surface area (Å²) >= 11 is 1.63. The second-order valence-electron chi connectivity index (χ2n) is 8.34. The Bertz CT molecular complexity index is 1240. The van der Waals surface area contributed by atoms with E-state index in [9.17, 15) is 4.79 Å². The third-order valence-electron chi connectivity index (χ3n) is 5.96. The smallest absolute Gasteiger partial charge is 0.272 e. The van der Waals surface area contributed by atoms with Crippen LogP contribution >= 0.6 is 11.3 Å². The van der Waals surface area contributed by atoms with E-state index < -0.39 is 0 Å². The predicted octanol–water partition coefficient (Wildman–Crippen LogP) is 5.06. The van der Waals surface area contributed by atoms with Crippen LogP contribution in [0.25, 0.3) is 10.2 Å². The largest absolute Gasteiger partial charge is 0.493 e. The molecular formula is C26H27N3O3S. The molecule has 0 saturated carbocycles. The molecule has 1 saturated heterocycles. The number of nitrogens with zero attached hydrogens (tertiary/aromatic N) is 1. The maximum Gasteiger partial charge on any atom is 0.272 e. The number of amides is 1. The lowest BCUT2D eigenvalue weighted by molar-refractivity contribution is 0.101. The lowest BCUT2D eigenvalue weighted by atomic mass is 10.1. The third-order valence-corrected chi connectivity index (χ3v) is 6.81. The molecule has 2 N–H and O–H groups in total. The van der Waals surface area contributed by atoms with E-state index in [0.29, 0.717) is 18.2 Å². The van der Waals surface area contributed by atoms with Gasteiger partial charge in [0.1, 0.15) is 23.8 Å². The predicted molar refractivity (Wildman–Crippen MR) is 132 cm³/mol. The molecule has 170 valence electrons. The zero-order valence-corrected chi connectivity index (χ0v) is 19.4. The molecule has 2 aromatic carbocycles. The van der Waals surface area contributed by atoms with Gasteiger partial charge in [-0.2, -0.15) is 0 Å². The van der Waals surface area contributed by atoms with Crippen molar-refractivity contribution in [2.24, 2.45) is 13.0 Å². The number of hydrogen-bond acceptors (Lipinski definition) is 5. The first-order valence-electron chi connectivity index (χ1n) is 11.2. The Morgan fingerprint density at radius 1 is 1.12 bits per heavy atom. The molecular weight excluding hydrogens is 434 g/mol. The van der Waals surface area contributed by atoms with Gasteiger partial charge in [0.2, 0.25) is 0 Å². The minimum absolute atomic E-state index is 0.122. The third kappa shape index (κ3) is 5.05. The van der Waals surface area contributed by atoms with Crippen LogP contribution in [0.1, 0.15) is 22.5 Å². The summed E-state index contributed by atoms with van der Waals surface area (Å²) in [5, 5.41) is 8.39. The summed E-state index contributed by atoms with van der Waals surface area (Å²) in [6.07, 6.45) is 1.17. The van der Waals surface area contributed by atoms with Gasteiger partial charge in [0.05, 0.1) is 16.8 Å². The molecule has 2 aromatic heterocycles. The fraction of sp³-hybridized carbons (Fsp3) is 0.269. The number of carbonyl (C=O) groups is 1. The van der Waals surface area contributed by atoms with Gasteiger partial charge in [0.25, 0.3) is 5.91 Å². The number of aromatic nitrogens is 1.